The molecular formula is C22H43N5O5. The molecule has 0 radical (unpaired) electrons. The van der Waals surface area contributed by atoms with Crippen LogP contribution in [0.1, 0.15) is 45.4 Å². The predicted octanol–water partition coefficient (Wildman–Crippen LogP) is -0.225. The van der Waals surface area contributed by atoms with E-state index in [4.69, 9.17) is 10.8 Å². The van der Waals surface area contributed by atoms with Gasteiger partial charge in [-0.1, -0.05) is 13.0 Å². The van der Waals surface area contributed by atoms with Crippen LogP contribution in [0.5, 0.6) is 0 Å². The molecule has 0 aliphatic heterocycles. The van der Waals surface area contributed by atoms with Crippen molar-refractivity contribution in [2.24, 2.45) is 5.73 Å². The summed E-state index contributed by atoms with van der Waals surface area (Å²) in [5.41, 5.74) is 6.29. The second kappa shape index (κ2) is 19.7. The summed E-state index contributed by atoms with van der Waals surface area (Å²) in [5.74, 6) is -1.24. The highest BCUT2D eigenvalue weighted by Crippen LogP contribution is 2.00. The Morgan fingerprint density at radius 3 is 2.00 bits per heavy atom. The number of Topliss-reactive ketones (excluding diaryl/α,β-unsaturated/α-hetero) is 1. The molecule has 186 valence electrons. The van der Waals surface area contributed by atoms with E-state index in [-0.39, 0.29) is 37.9 Å². The maximum Gasteiger partial charge on any atom is 0.317 e. The van der Waals surface area contributed by atoms with E-state index in [1.54, 1.807) is 4.90 Å². The SMILES string of the molecule is C=C(CN(CCN(CC(=O)O)CC(=O)NCCCCCO)CC(C)=O)NCCCCCN. The van der Waals surface area contributed by atoms with E-state index in [2.05, 4.69) is 17.2 Å². The van der Waals surface area contributed by atoms with E-state index in [1.807, 2.05) is 4.90 Å². The number of carboxylic acids is 1. The number of aliphatic hydroxyl groups excluding tert-OH is 1. The maximum atomic E-state index is 12.2. The molecule has 0 unspecified atom stereocenters. The molecule has 10 nitrogen and oxygen atoms in total. The van der Waals surface area contributed by atoms with E-state index in [0.717, 1.165) is 44.3 Å². The fourth-order valence-corrected chi connectivity index (χ4v) is 3.15. The Hall–Kier alpha value is -2.01. The lowest BCUT2D eigenvalue weighted by Gasteiger charge is -2.26. The van der Waals surface area contributed by atoms with Gasteiger partial charge in [-0.25, -0.2) is 0 Å². The smallest absolute Gasteiger partial charge is 0.317 e. The highest BCUT2D eigenvalue weighted by molar-refractivity contribution is 5.79. The summed E-state index contributed by atoms with van der Waals surface area (Å²) in [6, 6.07) is 0. The highest BCUT2D eigenvalue weighted by Gasteiger charge is 2.17. The quantitative estimate of drug-likeness (QED) is 0.139. The van der Waals surface area contributed by atoms with Crippen molar-refractivity contribution in [3.05, 3.63) is 12.3 Å². The maximum absolute atomic E-state index is 12.2. The molecule has 0 saturated carbocycles. The summed E-state index contributed by atoms with van der Waals surface area (Å²) in [6.45, 7) is 8.81. The number of rotatable bonds is 22. The van der Waals surface area contributed by atoms with Crippen LogP contribution in [0, 0.1) is 0 Å². The van der Waals surface area contributed by atoms with Crippen LogP contribution in [0.4, 0.5) is 0 Å². The number of amides is 1. The van der Waals surface area contributed by atoms with Gasteiger partial charge in [0.05, 0.1) is 19.6 Å². The number of hydrogen-bond donors (Lipinski definition) is 5. The zero-order valence-electron chi connectivity index (χ0n) is 19.6. The minimum Gasteiger partial charge on any atom is -0.480 e. The summed E-state index contributed by atoms with van der Waals surface area (Å²) >= 11 is 0. The number of aliphatic hydroxyl groups is 1. The van der Waals surface area contributed by atoms with Crippen molar-refractivity contribution < 1.29 is 24.6 Å². The average Bonchev–Trinajstić information content (AvgIpc) is 2.70. The Morgan fingerprint density at radius 1 is 0.844 bits per heavy atom. The largest absolute Gasteiger partial charge is 0.480 e. The van der Waals surface area contributed by atoms with Crippen LogP contribution in [0.3, 0.4) is 0 Å². The third-order valence-corrected chi connectivity index (χ3v) is 4.73. The minimum absolute atomic E-state index is 0.00570. The van der Waals surface area contributed by atoms with Gasteiger partial charge in [0.15, 0.2) is 0 Å². The Kier molecular flexibility index (Phi) is 18.4. The van der Waals surface area contributed by atoms with Gasteiger partial charge in [0.2, 0.25) is 5.91 Å². The Bertz CT molecular complexity index is 511. The number of aliphatic carboxylic acids is 1. The third kappa shape index (κ3) is 18.7. The molecule has 0 rings (SSSR count). The van der Waals surface area contributed by atoms with Crippen molar-refractivity contribution in [1.29, 1.82) is 0 Å². The zero-order chi connectivity index (χ0) is 24.2. The number of nitrogens with two attached hydrogens (primary N) is 1. The Balaban J connectivity index is 4.58. The minimum atomic E-state index is -1.01. The fourth-order valence-electron chi connectivity index (χ4n) is 3.15. The van der Waals surface area contributed by atoms with Gasteiger partial charge >= 0.3 is 5.97 Å². The number of unbranched alkanes of at least 4 members (excludes halogenated alkanes) is 4. The van der Waals surface area contributed by atoms with Gasteiger partial charge < -0.3 is 26.6 Å². The molecule has 0 aliphatic rings. The van der Waals surface area contributed by atoms with Gasteiger partial charge in [-0.05, 0) is 45.6 Å². The molecule has 6 N–H and O–H groups in total. The van der Waals surface area contributed by atoms with Crippen LogP contribution in [-0.4, -0.2) is 103 Å². The first-order valence-corrected chi connectivity index (χ1v) is 11.4. The number of carbonyl (C=O) groups is 3. The van der Waals surface area contributed by atoms with E-state index < -0.39 is 5.97 Å². The van der Waals surface area contributed by atoms with Crippen LogP contribution < -0.4 is 16.4 Å². The van der Waals surface area contributed by atoms with Crippen LogP contribution in [0.2, 0.25) is 0 Å². The molecule has 10 heteroatoms. The van der Waals surface area contributed by atoms with Crippen molar-refractivity contribution in [3.63, 3.8) is 0 Å². The number of carbonyl (C=O) groups excluding carboxylic acids is 2. The van der Waals surface area contributed by atoms with Crippen LogP contribution in [-0.2, 0) is 14.4 Å². The molecule has 1 amide bonds. The highest BCUT2D eigenvalue weighted by atomic mass is 16.4. The van der Waals surface area contributed by atoms with E-state index in [0.29, 0.717) is 39.1 Å². The van der Waals surface area contributed by atoms with Gasteiger partial charge in [-0.3, -0.25) is 24.2 Å². The average molecular weight is 458 g/mol. The first-order valence-electron chi connectivity index (χ1n) is 11.4. The molecule has 0 spiro atoms. The zero-order valence-corrected chi connectivity index (χ0v) is 19.6. The van der Waals surface area contributed by atoms with Crippen molar-refractivity contribution in [2.45, 2.75) is 45.4 Å². The van der Waals surface area contributed by atoms with Crippen molar-refractivity contribution in [2.75, 3.05) is 65.5 Å². The number of nitrogens with zero attached hydrogens (tertiary/aromatic N) is 2. The lowest BCUT2D eigenvalue weighted by molar-refractivity contribution is -0.139. The second-order valence-corrected chi connectivity index (χ2v) is 8.03. The third-order valence-electron chi connectivity index (χ3n) is 4.73. The number of nitrogens with one attached hydrogen (secondary N) is 2. The van der Waals surface area contributed by atoms with Gasteiger partial charge in [0, 0.05) is 45.0 Å². The number of carboxylic acid groups (broad SMARTS) is 1. The normalized spacial score (nSPS) is 11.0. The molecule has 0 atom stereocenters. The molecule has 0 bridgehead atoms. The van der Waals surface area contributed by atoms with Gasteiger partial charge in [-0.2, -0.15) is 0 Å². The number of hydrogen-bond acceptors (Lipinski definition) is 8. The molecule has 0 aromatic rings. The monoisotopic (exact) mass is 457 g/mol. The summed E-state index contributed by atoms with van der Waals surface area (Å²) in [7, 11) is 0. The van der Waals surface area contributed by atoms with Gasteiger partial charge in [0.25, 0.3) is 0 Å². The fraction of sp³-hybridized carbons (Fsp3) is 0.773. The van der Waals surface area contributed by atoms with Crippen molar-refractivity contribution >= 4 is 17.7 Å². The van der Waals surface area contributed by atoms with Crippen LogP contribution >= 0.6 is 0 Å². The Labute approximate surface area is 192 Å². The summed E-state index contributed by atoms with van der Waals surface area (Å²) < 4.78 is 0. The molecule has 0 heterocycles. The second-order valence-electron chi connectivity index (χ2n) is 8.03. The molecule has 0 saturated heterocycles. The number of ketones is 1. The van der Waals surface area contributed by atoms with Crippen LogP contribution in [0.25, 0.3) is 0 Å². The lowest BCUT2D eigenvalue weighted by Crippen LogP contribution is -2.45. The molecule has 0 fully saturated rings. The molecule has 0 aliphatic carbocycles. The summed E-state index contributed by atoms with van der Waals surface area (Å²) in [6.07, 6.45) is 5.30. The lowest BCUT2D eigenvalue weighted by atomic mass is 10.2. The van der Waals surface area contributed by atoms with Crippen LogP contribution in [0.15, 0.2) is 12.3 Å². The standard InChI is InChI=1S/C22H43N5O5/c1-19(24-10-6-3-5-9-23)15-26(16-20(2)29)12-13-27(18-22(31)32)17-21(30)25-11-7-4-8-14-28/h24,28H,1,3-18,23H2,2H3,(H,25,30)(H,31,32). The van der Waals surface area contributed by atoms with Gasteiger partial charge in [-0.15, -0.1) is 0 Å². The van der Waals surface area contributed by atoms with Gasteiger partial charge in [0.1, 0.15) is 5.78 Å². The topological polar surface area (TPSA) is 148 Å². The van der Waals surface area contributed by atoms with E-state index >= 15 is 0 Å². The first-order chi connectivity index (χ1) is 15.3. The molecule has 0 aromatic carbocycles. The van der Waals surface area contributed by atoms with Crippen molar-refractivity contribution in [3.8, 4) is 0 Å². The Morgan fingerprint density at radius 2 is 1.44 bits per heavy atom. The predicted molar refractivity (Wildman–Crippen MR) is 125 cm³/mol. The molecular weight excluding hydrogens is 414 g/mol. The summed E-state index contributed by atoms with van der Waals surface area (Å²) in [5, 5.41) is 24.0. The first kappa shape index (κ1) is 30.0. The van der Waals surface area contributed by atoms with Crippen molar-refractivity contribution in [1.82, 2.24) is 20.4 Å². The van der Waals surface area contributed by atoms with E-state index in [9.17, 15) is 19.5 Å². The summed E-state index contributed by atoms with van der Waals surface area (Å²) in [4.78, 5) is 38.5. The molecule has 32 heavy (non-hydrogen) atoms. The van der Waals surface area contributed by atoms with E-state index in [1.165, 1.54) is 6.92 Å². The molecule has 0 aromatic heterocycles.